The van der Waals surface area contributed by atoms with Crippen LogP contribution < -0.4 is 26.6 Å². The fourth-order valence-electron chi connectivity index (χ4n) is 8.19. The second-order valence-corrected chi connectivity index (χ2v) is 15.6. The summed E-state index contributed by atoms with van der Waals surface area (Å²) in [6.45, 7) is 11.1. The van der Waals surface area contributed by atoms with Crippen molar-refractivity contribution in [2.45, 2.75) is 97.3 Å². The SMILES string of the molecule is Cc1c([C@H](C)NC(=O)NC2CCN(C(=O)CC(C)Cc3ccc4c(C)c([C@@H](C)NC(=O)Nc5ccc(C6CCC(=O)N6)cc5)oc4c3)CC2)oc2ccccc12. The molecule has 12 nitrogen and oxygen atoms in total. The number of nitrogens with zero attached hydrogens (tertiary/aromatic N) is 1. The molecule has 7 rings (SSSR count). The van der Waals surface area contributed by atoms with E-state index in [9.17, 15) is 19.2 Å². The number of urea groups is 2. The molecule has 4 heterocycles. The minimum Gasteiger partial charge on any atom is -0.459 e. The molecular formula is C44H52N6O6. The molecular weight excluding hydrogens is 709 g/mol. The fourth-order valence-corrected chi connectivity index (χ4v) is 8.19. The molecule has 2 saturated heterocycles. The molecule has 0 saturated carbocycles. The Morgan fingerprint density at radius 3 is 2.11 bits per heavy atom. The highest BCUT2D eigenvalue weighted by Crippen LogP contribution is 2.32. The maximum absolute atomic E-state index is 13.3. The summed E-state index contributed by atoms with van der Waals surface area (Å²) in [5, 5.41) is 17.0. The normalized spacial score (nSPS) is 17.7. The zero-order chi connectivity index (χ0) is 39.5. The van der Waals surface area contributed by atoms with Gasteiger partial charge in [-0.25, -0.2) is 9.59 Å². The van der Waals surface area contributed by atoms with Gasteiger partial charge in [-0.2, -0.15) is 0 Å². The van der Waals surface area contributed by atoms with Crippen LogP contribution in [0.2, 0.25) is 0 Å². The second kappa shape index (κ2) is 16.5. The van der Waals surface area contributed by atoms with Crippen molar-refractivity contribution in [1.82, 2.24) is 26.2 Å². The monoisotopic (exact) mass is 760 g/mol. The predicted molar refractivity (Wildman–Crippen MR) is 216 cm³/mol. The minimum absolute atomic E-state index is 0.00709. The van der Waals surface area contributed by atoms with Gasteiger partial charge in [-0.1, -0.05) is 49.4 Å². The smallest absolute Gasteiger partial charge is 0.319 e. The van der Waals surface area contributed by atoms with E-state index in [0.29, 0.717) is 50.2 Å². The minimum atomic E-state index is -0.375. The largest absolute Gasteiger partial charge is 0.459 e. The van der Waals surface area contributed by atoms with Gasteiger partial charge in [0.1, 0.15) is 22.7 Å². The van der Waals surface area contributed by atoms with Crippen molar-refractivity contribution in [2.75, 3.05) is 18.4 Å². The van der Waals surface area contributed by atoms with Gasteiger partial charge >= 0.3 is 12.1 Å². The second-order valence-electron chi connectivity index (χ2n) is 15.6. The first-order chi connectivity index (χ1) is 26.9. The quantitative estimate of drug-likeness (QED) is 0.0913. The number of carbonyl (C=O) groups is 4. The summed E-state index contributed by atoms with van der Waals surface area (Å²) in [6, 6.07) is 20.3. The van der Waals surface area contributed by atoms with Crippen LogP contribution in [0.15, 0.2) is 75.6 Å². The van der Waals surface area contributed by atoms with Crippen LogP contribution in [0.25, 0.3) is 21.9 Å². The molecule has 2 aromatic heterocycles. The van der Waals surface area contributed by atoms with E-state index in [-0.39, 0.29) is 54.0 Å². The standard InChI is InChI=1S/C44H52N6O6/c1-25(23-40(52)50-20-18-33(19-21-50)48-44(54)45-28(4)41-26(2)34-8-6-7-9-37(34)55-41)22-30-10-15-35-27(3)42(56-38(35)24-30)29(5)46-43(53)47-32-13-11-31(12-14-32)36-16-17-39(51)49-36/h6-15,24-25,28-29,33,36H,16-23H2,1-5H3,(H,49,51)(H2,45,48,54)(H2,46,47,53)/t25?,28-,29+,36?/m0/s1. The van der Waals surface area contributed by atoms with E-state index in [4.69, 9.17) is 8.83 Å². The first kappa shape index (κ1) is 38.5. The first-order valence-corrected chi connectivity index (χ1v) is 19.7. The number of amides is 6. The van der Waals surface area contributed by atoms with Crippen molar-refractivity contribution in [2.24, 2.45) is 5.92 Å². The Kier molecular flexibility index (Phi) is 11.4. The van der Waals surface area contributed by atoms with E-state index in [2.05, 4.69) is 45.6 Å². The first-order valence-electron chi connectivity index (χ1n) is 19.7. The third-order valence-corrected chi connectivity index (χ3v) is 11.3. The van der Waals surface area contributed by atoms with E-state index < -0.39 is 0 Å². The Labute approximate surface area is 327 Å². The lowest BCUT2D eigenvalue weighted by molar-refractivity contribution is -0.133. The molecule has 0 aliphatic carbocycles. The average Bonchev–Trinajstić information content (AvgIpc) is 3.86. The third kappa shape index (κ3) is 8.69. The van der Waals surface area contributed by atoms with E-state index in [1.807, 2.05) is 87.2 Å². The molecule has 2 fully saturated rings. The van der Waals surface area contributed by atoms with Gasteiger partial charge in [0.05, 0.1) is 18.1 Å². The van der Waals surface area contributed by atoms with Crippen LogP contribution >= 0.6 is 0 Å². The number of aryl methyl sites for hydroxylation is 2. The highest BCUT2D eigenvalue weighted by atomic mass is 16.3. The maximum Gasteiger partial charge on any atom is 0.319 e. The molecule has 4 atom stereocenters. The highest BCUT2D eigenvalue weighted by Gasteiger charge is 2.27. The van der Waals surface area contributed by atoms with Gasteiger partial charge in [0.15, 0.2) is 0 Å². The highest BCUT2D eigenvalue weighted by molar-refractivity contribution is 5.90. The number of rotatable bonds is 11. The number of likely N-dealkylation sites (tertiary alicyclic amines) is 1. The Morgan fingerprint density at radius 2 is 1.45 bits per heavy atom. The molecule has 0 radical (unpaired) electrons. The molecule has 294 valence electrons. The Hall–Kier alpha value is -5.78. The number of anilines is 1. The molecule has 5 aromatic rings. The summed E-state index contributed by atoms with van der Waals surface area (Å²) in [7, 11) is 0. The fraction of sp³-hybridized carbons (Fsp3) is 0.409. The van der Waals surface area contributed by atoms with Gasteiger partial charge in [0.2, 0.25) is 11.8 Å². The summed E-state index contributed by atoms with van der Waals surface area (Å²) in [5.41, 5.74) is 6.31. The molecule has 6 amide bonds. The molecule has 2 unspecified atom stereocenters. The Bertz CT molecular complexity index is 2230. The van der Waals surface area contributed by atoms with Crippen LogP contribution in [0.1, 0.15) is 105 Å². The van der Waals surface area contributed by atoms with E-state index >= 15 is 0 Å². The number of furan rings is 2. The average molecular weight is 761 g/mol. The Morgan fingerprint density at radius 1 is 0.804 bits per heavy atom. The van der Waals surface area contributed by atoms with E-state index in [1.165, 1.54) is 0 Å². The summed E-state index contributed by atoms with van der Waals surface area (Å²) >= 11 is 0. The van der Waals surface area contributed by atoms with Crippen molar-refractivity contribution in [3.05, 3.63) is 101 Å². The number of para-hydroxylation sites is 1. The molecule has 2 aliphatic heterocycles. The van der Waals surface area contributed by atoms with Gasteiger partial charge in [-0.15, -0.1) is 0 Å². The number of nitrogens with one attached hydrogen (secondary N) is 5. The molecule has 56 heavy (non-hydrogen) atoms. The van der Waals surface area contributed by atoms with Crippen LogP contribution in [0.5, 0.6) is 0 Å². The van der Waals surface area contributed by atoms with Crippen molar-refractivity contribution < 1.29 is 28.0 Å². The van der Waals surface area contributed by atoms with Crippen molar-refractivity contribution >= 4 is 51.5 Å². The summed E-state index contributed by atoms with van der Waals surface area (Å²) in [4.78, 5) is 52.5. The number of hydrogen-bond donors (Lipinski definition) is 5. The van der Waals surface area contributed by atoms with Crippen LogP contribution in [0.4, 0.5) is 15.3 Å². The molecule has 12 heteroatoms. The summed E-state index contributed by atoms with van der Waals surface area (Å²) < 4.78 is 12.3. The zero-order valence-corrected chi connectivity index (χ0v) is 32.8. The van der Waals surface area contributed by atoms with Crippen LogP contribution in [0, 0.1) is 19.8 Å². The van der Waals surface area contributed by atoms with Gasteiger partial charge in [-0.05, 0) is 94.7 Å². The van der Waals surface area contributed by atoms with E-state index in [0.717, 1.165) is 62.8 Å². The summed E-state index contributed by atoms with van der Waals surface area (Å²) in [6.07, 6.45) is 3.86. The van der Waals surface area contributed by atoms with Crippen molar-refractivity contribution in [1.29, 1.82) is 0 Å². The lowest BCUT2D eigenvalue weighted by Crippen LogP contribution is -2.49. The van der Waals surface area contributed by atoms with Crippen LogP contribution in [-0.4, -0.2) is 47.9 Å². The van der Waals surface area contributed by atoms with Gasteiger partial charge in [0.25, 0.3) is 0 Å². The van der Waals surface area contributed by atoms with Gasteiger partial charge in [-0.3, -0.25) is 9.59 Å². The van der Waals surface area contributed by atoms with Gasteiger partial charge < -0.3 is 40.3 Å². The molecule has 2 aliphatic rings. The van der Waals surface area contributed by atoms with Crippen LogP contribution in [0.3, 0.4) is 0 Å². The lowest BCUT2D eigenvalue weighted by atomic mass is 9.95. The number of benzene rings is 3. The zero-order valence-electron chi connectivity index (χ0n) is 32.8. The molecule has 0 bridgehead atoms. The van der Waals surface area contributed by atoms with Crippen LogP contribution in [-0.2, 0) is 16.0 Å². The number of hydrogen-bond acceptors (Lipinski definition) is 6. The lowest BCUT2D eigenvalue weighted by Gasteiger charge is -2.33. The molecule has 3 aromatic carbocycles. The van der Waals surface area contributed by atoms with E-state index in [1.54, 1.807) is 0 Å². The van der Waals surface area contributed by atoms with Crippen molar-refractivity contribution in [3.63, 3.8) is 0 Å². The molecule has 0 spiro atoms. The predicted octanol–water partition coefficient (Wildman–Crippen LogP) is 8.25. The van der Waals surface area contributed by atoms with Gasteiger partial charge in [0, 0.05) is 59.6 Å². The topological polar surface area (TPSA) is 158 Å². The Balaban J connectivity index is 0.853. The number of carbonyl (C=O) groups excluding carboxylic acids is 4. The number of fused-ring (bicyclic) bond motifs is 2. The number of piperidine rings is 1. The van der Waals surface area contributed by atoms with Crippen molar-refractivity contribution in [3.8, 4) is 0 Å². The third-order valence-electron chi connectivity index (χ3n) is 11.3. The maximum atomic E-state index is 13.3. The summed E-state index contributed by atoms with van der Waals surface area (Å²) in [5.74, 6) is 1.75. The molecule has 5 N–H and O–H groups in total.